The van der Waals surface area contributed by atoms with Crippen molar-refractivity contribution in [2.45, 2.75) is 19.9 Å². The summed E-state index contributed by atoms with van der Waals surface area (Å²) in [5, 5.41) is 0. The second kappa shape index (κ2) is 7.48. The average molecular weight is 318 g/mol. The maximum absolute atomic E-state index is 13.6. The highest BCUT2D eigenvalue weighted by Gasteiger charge is 2.13. The smallest absolute Gasteiger partial charge is 0.319 e. The van der Waals surface area contributed by atoms with Crippen molar-refractivity contribution in [3.05, 3.63) is 34.1 Å². The summed E-state index contributed by atoms with van der Waals surface area (Å²) in [7, 11) is 1.35. The maximum atomic E-state index is 13.6. The number of carbonyl (C=O) groups is 1. The van der Waals surface area contributed by atoms with Crippen LogP contribution in [0.4, 0.5) is 4.39 Å². The van der Waals surface area contributed by atoms with E-state index in [1.807, 2.05) is 11.8 Å². The Kier molecular flexibility index (Phi) is 6.29. The van der Waals surface area contributed by atoms with Gasteiger partial charge in [-0.3, -0.25) is 9.69 Å². The van der Waals surface area contributed by atoms with Crippen LogP contribution in [-0.2, 0) is 16.1 Å². The number of rotatable bonds is 6. The lowest BCUT2D eigenvalue weighted by Gasteiger charge is -2.20. The molecule has 1 rings (SSSR count). The van der Waals surface area contributed by atoms with E-state index < -0.39 is 0 Å². The van der Waals surface area contributed by atoms with Gasteiger partial charge >= 0.3 is 5.97 Å². The van der Waals surface area contributed by atoms with Gasteiger partial charge in [0.05, 0.1) is 13.7 Å². The van der Waals surface area contributed by atoms with Gasteiger partial charge in [-0.05, 0) is 31.2 Å². The zero-order chi connectivity index (χ0) is 13.5. The number of hydrogen-bond acceptors (Lipinski definition) is 3. The van der Waals surface area contributed by atoms with E-state index >= 15 is 0 Å². The second-order valence-corrected chi connectivity index (χ2v) is 4.94. The normalized spacial score (nSPS) is 10.7. The molecule has 0 atom stereocenters. The first-order chi connectivity index (χ1) is 8.56. The molecular formula is C13H17BrFNO2. The van der Waals surface area contributed by atoms with Crippen LogP contribution in [0.3, 0.4) is 0 Å². The van der Waals surface area contributed by atoms with Crippen molar-refractivity contribution < 1.29 is 13.9 Å². The topological polar surface area (TPSA) is 29.5 Å². The van der Waals surface area contributed by atoms with E-state index in [1.54, 1.807) is 12.1 Å². The number of esters is 1. The van der Waals surface area contributed by atoms with Crippen LogP contribution in [0.25, 0.3) is 0 Å². The van der Waals surface area contributed by atoms with E-state index in [9.17, 15) is 9.18 Å². The highest BCUT2D eigenvalue weighted by Crippen LogP contribution is 2.17. The summed E-state index contributed by atoms with van der Waals surface area (Å²) < 4.78 is 19.1. The van der Waals surface area contributed by atoms with E-state index in [2.05, 4.69) is 20.7 Å². The molecule has 0 saturated carbocycles. The van der Waals surface area contributed by atoms with E-state index in [-0.39, 0.29) is 18.3 Å². The lowest BCUT2D eigenvalue weighted by atomic mass is 10.2. The van der Waals surface area contributed by atoms with Gasteiger partial charge in [-0.2, -0.15) is 0 Å². The molecule has 0 fully saturated rings. The van der Waals surface area contributed by atoms with Gasteiger partial charge < -0.3 is 4.74 Å². The van der Waals surface area contributed by atoms with Crippen LogP contribution >= 0.6 is 15.9 Å². The highest BCUT2D eigenvalue weighted by molar-refractivity contribution is 9.10. The van der Waals surface area contributed by atoms with E-state index in [0.29, 0.717) is 12.1 Å². The molecular weight excluding hydrogens is 301 g/mol. The summed E-state index contributed by atoms with van der Waals surface area (Å²) in [6, 6.07) is 4.81. The zero-order valence-electron chi connectivity index (χ0n) is 10.6. The van der Waals surface area contributed by atoms with Gasteiger partial charge in [-0.15, -0.1) is 0 Å². The molecule has 0 aromatic heterocycles. The van der Waals surface area contributed by atoms with Crippen LogP contribution in [0.1, 0.15) is 18.9 Å². The molecule has 100 valence electrons. The molecule has 0 bridgehead atoms. The van der Waals surface area contributed by atoms with E-state index in [0.717, 1.165) is 17.4 Å². The lowest BCUT2D eigenvalue weighted by Crippen LogP contribution is -2.31. The van der Waals surface area contributed by atoms with Crippen LogP contribution in [0.5, 0.6) is 0 Å². The second-order valence-electron chi connectivity index (χ2n) is 4.02. The molecule has 0 aliphatic carbocycles. The van der Waals surface area contributed by atoms with Crippen molar-refractivity contribution in [3.63, 3.8) is 0 Å². The summed E-state index contributed by atoms with van der Waals surface area (Å²) in [6.07, 6.45) is 0.895. The first-order valence-corrected chi connectivity index (χ1v) is 6.59. The Morgan fingerprint density at radius 3 is 2.83 bits per heavy atom. The molecule has 0 N–H and O–H groups in total. The number of methoxy groups -OCH3 is 1. The number of benzene rings is 1. The van der Waals surface area contributed by atoms with Crippen molar-refractivity contribution in [1.82, 2.24) is 4.90 Å². The van der Waals surface area contributed by atoms with Crippen LogP contribution in [0.15, 0.2) is 22.7 Å². The standard InChI is InChI=1S/C13H17BrFNO2/c1-3-6-16(9-13(17)18-2)8-10-7-11(14)4-5-12(10)15/h4-5,7H,3,6,8-9H2,1-2H3. The van der Waals surface area contributed by atoms with Gasteiger partial charge in [0.1, 0.15) is 5.82 Å². The van der Waals surface area contributed by atoms with Gasteiger partial charge in [0.25, 0.3) is 0 Å². The monoisotopic (exact) mass is 317 g/mol. The Balaban J connectivity index is 2.75. The van der Waals surface area contributed by atoms with Crippen LogP contribution < -0.4 is 0 Å². The average Bonchev–Trinajstić information content (AvgIpc) is 2.34. The van der Waals surface area contributed by atoms with Gasteiger partial charge in [0, 0.05) is 16.6 Å². The Hall–Kier alpha value is -0.940. The van der Waals surface area contributed by atoms with Crippen molar-refractivity contribution in [2.24, 2.45) is 0 Å². The number of halogens is 2. The molecule has 0 aliphatic rings. The quantitative estimate of drug-likeness (QED) is 0.755. The first kappa shape index (κ1) is 15.1. The van der Waals surface area contributed by atoms with Crippen LogP contribution in [0, 0.1) is 5.82 Å². The summed E-state index contributed by atoms with van der Waals surface area (Å²) in [5.41, 5.74) is 0.571. The minimum atomic E-state index is -0.307. The molecule has 3 nitrogen and oxygen atoms in total. The zero-order valence-corrected chi connectivity index (χ0v) is 12.2. The fourth-order valence-corrected chi connectivity index (χ4v) is 2.09. The van der Waals surface area contributed by atoms with E-state index in [1.165, 1.54) is 13.2 Å². The van der Waals surface area contributed by atoms with Crippen LogP contribution in [0.2, 0.25) is 0 Å². The number of ether oxygens (including phenoxy) is 1. The minimum Gasteiger partial charge on any atom is -0.468 e. The third-order valence-electron chi connectivity index (χ3n) is 2.52. The fraction of sp³-hybridized carbons (Fsp3) is 0.462. The molecule has 1 aromatic rings. The van der Waals surface area contributed by atoms with Crippen LogP contribution in [-0.4, -0.2) is 31.1 Å². The van der Waals surface area contributed by atoms with Gasteiger partial charge in [-0.25, -0.2) is 4.39 Å². The van der Waals surface area contributed by atoms with Crippen molar-refractivity contribution >= 4 is 21.9 Å². The summed E-state index contributed by atoms with van der Waals surface area (Å²) >= 11 is 3.31. The third-order valence-corrected chi connectivity index (χ3v) is 3.02. The SMILES string of the molecule is CCCN(CC(=O)OC)Cc1cc(Br)ccc1F. The minimum absolute atomic E-state index is 0.177. The molecule has 18 heavy (non-hydrogen) atoms. The highest BCUT2D eigenvalue weighted by atomic mass is 79.9. The molecule has 0 radical (unpaired) electrons. The predicted octanol–water partition coefficient (Wildman–Crippen LogP) is 2.97. The van der Waals surface area contributed by atoms with Gasteiger partial charge in [0.2, 0.25) is 0 Å². The van der Waals surface area contributed by atoms with Gasteiger partial charge in [0.15, 0.2) is 0 Å². The van der Waals surface area contributed by atoms with Crippen molar-refractivity contribution in [1.29, 1.82) is 0 Å². The van der Waals surface area contributed by atoms with Crippen molar-refractivity contribution in [3.8, 4) is 0 Å². The lowest BCUT2D eigenvalue weighted by molar-refractivity contribution is -0.142. The molecule has 1 aromatic carbocycles. The van der Waals surface area contributed by atoms with E-state index in [4.69, 9.17) is 0 Å². The number of carbonyl (C=O) groups excluding carboxylic acids is 1. The Labute approximate surface area is 115 Å². The fourth-order valence-electron chi connectivity index (χ4n) is 1.68. The largest absolute Gasteiger partial charge is 0.468 e. The molecule has 0 amide bonds. The molecule has 0 saturated heterocycles. The molecule has 0 aliphatic heterocycles. The number of nitrogens with zero attached hydrogens (tertiary/aromatic N) is 1. The summed E-state index contributed by atoms with van der Waals surface area (Å²) in [5.74, 6) is -0.567. The predicted molar refractivity (Wildman–Crippen MR) is 71.7 cm³/mol. The van der Waals surface area contributed by atoms with Gasteiger partial charge in [-0.1, -0.05) is 22.9 Å². The molecule has 0 heterocycles. The summed E-state index contributed by atoms with van der Waals surface area (Å²) in [6.45, 7) is 3.31. The molecule has 0 spiro atoms. The Morgan fingerprint density at radius 2 is 2.22 bits per heavy atom. The maximum Gasteiger partial charge on any atom is 0.319 e. The number of hydrogen-bond donors (Lipinski definition) is 0. The summed E-state index contributed by atoms with van der Waals surface area (Å²) in [4.78, 5) is 13.1. The Bertz CT molecular complexity index is 412. The van der Waals surface area contributed by atoms with Crippen molar-refractivity contribution in [2.75, 3.05) is 20.2 Å². The third kappa shape index (κ3) is 4.74. The Morgan fingerprint density at radius 1 is 1.50 bits per heavy atom. The first-order valence-electron chi connectivity index (χ1n) is 5.80. The molecule has 0 unspecified atom stereocenters. The molecule has 5 heteroatoms.